The number of hydrogen-bond acceptors (Lipinski definition) is 4. The third-order valence-electron chi connectivity index (χ3n) is 7.08. The quantitative estimate of drug-likeness (QED) is 0.406. The highest BCUT2D eigenvalue weighted by atomic mass is 16.5. The summed E-state index contributed by atoms with van der Waals surface area (Å²) in [5.74, 6) is -0.0411. The molecule has 1 fully saturated rings. The highest BCUT2D eigenvalue weighted by molar-refractivity contribution is 5.94. The van der Waals surface area contributed by atoms with E-state index in [4.69, 9.17) is 4.74 Å². The van der Waals surface area contributed by atoms with E-state index in [1.807, 2.05) is 81.4 Å². The molecule has 0 radical (unpaired) electrons. The molecule has 2 N–H and O–H groups in total. The molecule has 4 amide bonds. The van der Waals surface area contributed by atoms with Crippen LogP contribution in [-0.4, -0.2) is 46.6 Å². The fourth-order valence-electron chi connectivity index (χ4n) is 5.45. The molecule has 8 nitrogen and oxygen atoms in total. The van der Waals surface area contributed by atoms with Gasteiger partial charge in [0.05, 0.1) is 18.7 Å². The second kappa shape index (κ2) is 12.2. The van der Waals surface area contributed by atoms with Gasteiger partial charge in [0, 0.05) is 18.7 Å². The van der Waals surface area contributed by atoms with Gasteiger partial charge in [-0.2, -0.15) is 0 Å². The molecule has 4 rings (SSSR count). The van der Waals surface area contributed by atoms with Gasteiger partial charge in [0.25, 0.3) is 5.91 Å². The highest BCUT2D eigenvalue weighted by Gasteiger charge is 2.45. The Kier molecular flexibility index (Phi) is 8.77. The van der Waals surface area contributed by atoms with Crippen LogP contribution in [0, 0.1) is 0 Å². The maximum absolute atomic E-state index is 14.5. The number of nitrogens with zero attached hydrogens (tertiary/aromatic N) is 2. The monoisotopic (exact) mass is 542 g/mol. The first-order valence-electron chi connectivity index (χ1n) is 13.5. The van der Waals surface area contributed by atoms with Crippen molar-refractivity contribution in [3.05, 3.63) is 96.1 Å². The molecule has 1 heterocycles. The van der Waals surface area contributed by atoms with Gasteiger partial charge in [-0.3, -0.25) is 9.59 Å². The van der Waals surface area contributed by atoms with E-state index in [9.17, 15) is 14.4 Å². The van der Waals surface area contributed by atoms with Crippen LogP contribution in [0.1, 0.15) is 63.6 Å². The van der Waals surface area contributed by atoms with Crippen LogP contribution in [0.5, 0.6) is 5.75 Å². The Balaban J connectivity index is 1.76. The highest BCUT2D eigenvalue weighted by Crippen LogP contribution is 2.41. The molecule has 0 saturated carbocycles. The Labute approximate surface area is 236 Å². The number of methoxy groups -OCH3 is 1. The molecule has 3 aromatic rings. The molecule has 3 atom stereocenters. The number of anilines is 1. The third-order valence-corrected chi connectivity index (χ3v) is 7.08. The van der Waals surface area contributed by atoms with Gasteiger partial charge in [0.2, 0.25) is 5.91 Å². The number of carbonyl (C=O) groups is 3. The van der Waals surface area contributed by atoms with E-state index in [2.05, 4.69) is 10.6 Å². The van der Waals surface area contributed by atoms with Gasteiger partial charge >= 0.3 is 6.03 Å². The lowest BCUT2D eigenvalue weighted by atomic mass is 9.86. The molecule has 3 aromatic carbocycles. The van der Waals surface area contributed by atoms with Crippen LogP contribution >= 0.6 is 0 Å². The Hall–Kier alpha value is -4.33. The van der Waals surface area contributed by atoms with E-state index in [0.717, 1.165) is 11.1 Å². The molecule has 1 saturated heterocycles. The number of hydrogen-bond donors (Lipinski definition) is 2. The Morgan fingerprint density at radius 2 is 1.52 bits per heavy atom. The van der Waals surface area contributed by atoms with Crippen molar-refractivity contribution < 1.29 is 19.1 Å². The summed E-state index contributed by atoms with van der Waals surface area (Å²) in [6.45, 7) is 7.18. The molecular formula is C32H38N4O4. The van der Waals surface area contributed by atoms with Crippen LogP contribution in [0.3, 0.4) is 0 Å². The molecule has 0 aromatic heterocycles. The van der Waals surface area contributed by atoms with Crippen molar-refractivity contribution >= 4 is 23.5 Å². The zero-order valence-corrected chi connectivity index (χ0v) is 23.8. The average molecular weight is 543 g/mol. The molecule has 3 unspecified atom stereocenters. The third kappa shape index (κ3) is 6.62. The lowest BCUT2D eigenvalue weighted by Crippen LogP contribution is -2.61. The second-order valence-electron chi connectivity index (χ2n) is 11.1. The second-order valence-corrected chi connectivity index (χ2v) is 11.1. The lowest BCUT2D eigenvalue weighted by Gasteiger charge is -2.47. The average Bonchev–Trinajstić information content (AvgIpc) is 3.06. The van der Waals surface area contributed by atoms with Crippen LogP contribution in [0.15, 0.2) is 84.9 Å². The van der Waals surface area contributed by atoms with Crippen molar-refractivity contribution in [2.24, 2.45) is 0 Å². The molecular weight excluding hydrogens is 504 g/mol. The number of hydrazine groups is 1. The van der Waals surface area contributed by atoms with Gasteiger partial charge in [-0.25, -0.2) is 14.8 Å². The van der Waals surface area contributed by atoms with Gasteiger partial charge in [-0.1, -0.05) is 66.7 Å². The van der Waals surface area contributed by atoms with Gasteiger partial charge in [-0.05, 0) is 62.8 Å². The van der Waals surface area contributed by atoms with E-state index in [1.165, 1.54) is 11.9 Å². The molecule has 1 aliphatic heterocycles. The van der Waals surface area contributed by atoms with Crippen LogP contribution < -0.4 is 15.4 Å². The van der Waals surface area contributed by atoms with Crippen LogP contribution in [0.25, 0.3) is 0 Å². The van der Waals surface area contributed by atoms with E-state index in [-0.39, 0.29) is 17.7 Å². The van der Waals surface area contributed by atoms with Crippen molar-refractivity contribution in [1.29, 1.82) is 0 Å². The summed E-state index contributed by atoms with van der Waals surface area (Å²) in [5, 5.41) is 8.86. The van der Waals surface area contributed by atoms with E-state index in [0.29, 0.717) is 24.3 Å². The van der Waals surface area contributed by atoms with E-state index >= 15 is 0 Å². The number of rotatable bonds is 6. The summed E-state index contributed by atoms with van der Waals surface area (Å²) in [6.07, 6.45) is 0.958. The van der Waals surface area contributed by atoms with Crippen LogP contribution in [0.2, 0.25) is 0 Å². The first-order valence-corrected chi connectivity index (χ1v) is 13.5. The van der Waals surface area contributed by atoms with Gasteiger partial charge < -0.3 is 15.4 Å². The first-order chi connectivity index (χ1) is 19.1. The maximum atomic E-state index is 14.5. The molecule has 0 aliphatic carbocycles. The largest absolute Gasteiger partial charge is 0.497 e. The molecule has 40 heavy (non-hydrogen) atoms. The van der Waals surface area contributed by atoms with Crippen molar-refractivity contribution in [3.63, 3.8) is 0 Å². The SMILES string of the molecule is COc1cccc(NC(=O)NC2CC(c3ccccc3)CC(c3ccccc3)N(N(C(C)=O)C(C)(C)C)C2=O)c1. The smallest absolute Gasteiger partial charge is 0.319 e. The standard InChI is InChI=1S/C32H38N4O4/c1-22(37)36(32(2,3)4)35-29(24-15-10-7-11-16-24)20-25(23-13-8-6-9-14-23)19-28(30(35)38)34-31(39)33-26-17-12-18-27(21-26)40-5/h6-18,21,25,28-29H,19-20H2,1-5H3,(H2,33,34,39). The minimum absolute atomic E-state index is 0.0590. The summed E-state index contributed by atoms with van der Waals surface area (Å²) < 4.78 is 5.26. The predicted octanol–water partition coefficient (Wildman–Crippen LogP) is 5.89. The number of urea groups is 1. The van der Waals surface area contributed by atoms with Crippen LogP contribution in [0.4, 0.5) is 10.5 Å². The molecule has 0 spiro atoms. The van der Waals surface area contributed by atoms with Gasteiger partial charge in [0.15, 0.2) is 0 Å². The van der Waals surface area contributed by atoms with Gasteiger partial charge in [0.1, 0.15) is 11.8 Å². The topological polar surface area (TPSA) is 91.0 Å². The van der Waals surface area contributed by atoms with Gasteiger partial charge in [-0.15, -0.1) is 0 Å². The number of ether oxygens (including phenoxy) is 1. The minimum atomic E-state index is -0.881. The maximum Gasteiger partial charge on any atom is 0.319 e. The number of amides is 4. The van der Waals surface area contributed by atoms with Crippen molar-refractivity contribution in [3.8, 4) is 5.75 Å². The Morgan fingerprint density at radius 3 is 2.10 bits per heavy atom. The number of benzene rings is 3. The van der Waals surface area contributed by atoms with Crippen molar-refractivity contribution in [2.45, 2.75) is 64.1 Å². The first kappa shape index (κ1) is 28.7. The fourth-order valence-corrected chi connectivity index (χ4v) is 5.45. The van der Waals surface area contributed by atoms with Crippen molar-refractivity contribution in [1.82, 2.24) is 15.3 Å². The molecule has 8 heteroatoms. The summed E-state index contributed by atoms with van der Waals surface area (Å²) in [7, 11) is 1.56. The van der Waals surface area contributed by atoms with E-state index < -0.39 is 23.7 Å². The molecule has 1 aliphatic rings. The molecule has 210 valence electrons. The summed E-state index contributed by atoms with van der Waals surface area (Å²) in [4.78, 5) is 40.8. The normalized spacial score (nSPS) is 19.4. The predicted molar refractivity (Wildman–Crippen MR) is 156 cm³/mol. The fraction of sp³-hybridized carbons (Fsp3) is 0.344. The zero-order valence-electron chi connectivity index (χ0n) is 23.8. The van der Waals surface area contributed by atoms with E-state index in [1.54, 1.807) is 36.4 Å². The minimum Gasteiger partial charge on any atom is -0.497 e. The number of carbonyl (C=O) groups excluding carboxylic acids is 3. The summed E-state index contributed by atoms with van der Waals surface area (Å²) in [6, 6.07) is 25.0. The summed E-state index contributed by atoms with van der Waals surface area (Å²) >= 11 is 0. The number of nitrogens with one attached hydrogen (secondary N) is 2. The Morgan fingerprint density at radius 1 is 0.900 bits per heavy atom. The lowest BCUT2D eigenvalue weighted by molar-refractivity contribution is -0.181. The zero-order chi connectivity index (χ0) is 28.9. The Bertz CT molecular complexity index is 1320. The van der Waals surface area contributed by atoms with Crippen molar-refractivity contribution in [2.75, 3.05) is 12.4 Å². The van der Waals surface area contributed by atoms with Crippen LogP contribution in [-0.2, 0) is 9.59 Å². The molecule has 0 bridgehead atoms. The summed E-state index contributed by atoms with van der Waals surface area (Å²) in [5.41, 5.74) is 1.85.